The van der Waals surface area contributed by atoms with Crippen molar-refractivity contribution in [3.63, 3.8) is 0 Å². The summed E-state index contributed by atoms with van der Waals surface area (Å²) >= 11 is 6.04. The second kappa shape index (κ2) is 4.69. The molecule has 18 heavy (non-hydrogen) atoms. The molecule has 0 saturated carbocycles. The summed E-state index contributed by atoms with van der Waals surface area (Å²) in [7, 11) is 0. The molecule has 94 valence electrons. The highest BCUT2D eigenvalue weighted by Gasteiger charge is 2.17. The number of hydrogen-bond donors (Lipinski definition) is 0. The van der Waals surface area contributed by atoms with E-state index in [2.05, 4.69) is 19.5 Å². The van der Waals surface area contributed by atoms with Gasteiger partial charge in [0.2, 0.25) is 0 Å². The minimum Gasteiger partial charge on any atom is -0.287 e. The van der Waals surface area contributed by atoms with E-state index < -0.39 is 0 Å². The molecule has 5 heteroatoms. The molecule has 1 aliphatic carbocycles. The number of aryl methyl sites for hydroxylation is 2. The molecule has 2 heterocycles. The first-order valence-corrected chi connectivity index (χ1v) is 6.74. The van der Waals surface area contributed by atoms with Crippen LogP contribution in [0.4, 0.5) is 0 Å². The third-order valence-electron chi connectivity index (χ3n) is 3.32. The summed E-state index contributed by atoms with van der Waals surface area (Å²) in [6, 6.07) is 1.80. The quantitative estimate of drug-likeness (QED) is 0.782. The molecule has 4 nitrogen and oxygen atoms in total. The van der Waals surface area contributed by atoms with E-state index in [-0.39, 0.29) is 0 Å². The largest absolute Gasteiger partial charge is 0.287 e. The van der Waals surface area contributed by atoms with Gasteiger partial charge in [-0.15, -0.1) is 0 Å². The summed E-state index contributed by atoms with van der Waals surface area (Å²) in [5.74, 6) is 1.61. The van der Waals surface area contributed by atoms with E-state index in [1.807, 2.05) is 13.3 Å². The Hall–Kier alpha value is -1.42. The lowest BCUT2D eigenvalue weighted by atomic mass is 10.0. The van der Waals surface area contributed by atoms with Crippen LogP contribution >= 0.6 is 11.6 Å². The first-order chi connectivity index (χ1) is 8.78. The summed E-state index contributed by atoms with van der Waals surface area (Å²) in [5, 5.41) is 0.495. The van der Waals surface area contributed by atoms with Gasteiger partial charge in [0.05, 0.1) is 5.69 Å². The van der Waals surface area contributed by atoms with E-state index in [0.717, 1.165) is 30.9 Å². The first-order valence-electron chi connectivity index (χ1n) is 6.37. The van der Waals surface area contributed by atoms with Crippen LogP contribution in [0.5, 0.6) is 0 Å². The fourth-order valence-electron chi connectivity index (χ4n) is 2.40. The maximum Gasteiger partial charge on any atom is 0.143 e. The Labute approximate surface area is 111 Å². The molecule has 0 N–H and O–H groups in total. The van der Waals surface area contributed by atoms with E-state index in [4.69, 9.17) is 11.6 Å². The van der Waals surface area contributed by atoms with Crippen LogP contribution in [0.25, 0.3) is 5.82 Å². The van der Waals surface area contributed by atoms with Crippen molar-refractivity contribution >= 4 is 11.6 Å². The Kier molecular flexibility index (Phi) is 3.04. The van der Waals surface area contributed by atoms with Crippen molar-refractivity contribution in [2.24, 2.45) is 0 Å². The smallest absolute Gasteiger partial charge is 0.143 e. The van der Waals surface area contributed by atoms with Gasteiger partial charge in [-0.05, 0) is 25.7 Å². The molecule has 0 atom stereocenters. The molecule has 2 aromatic heterocycles. The Balaban J connectivity index is 2.09. The first kappa shape index (κ1) is 11.7. The number of imidazole rings is 1. The zero-order valence-electron chi connectivity index (χ0n) is 10.4. The minimum absolute atomic E-state index is 0.495. The molecule has 3 rings (SSSR count). The maximum atomic E-state index is 6.04. The highest BCUT2D eigenvalue weighted by Crippen LogP contribution is 2.23. The fraction of sp³-hybridized carbons (Fsp3) is 0.462. The number of halogens is 1. The van der Waals surface area contributed by atoms with Crippen LogP contribution in [0.15, 0.2) is 12.4 Å². The molecule has 1 aliphatic rings. The normalized spacial score (nSPS) is 14.6. The molecule has 0 saturated heterocycles. The molecule has 0 bridgehead atoms. The number of fused-ring (bicyclic) bond motifs is 1. The van der Waals surface area contributed by atoms with Crippen LogP contribution in [-0.2, 0) is 19.3 Å². The minimum atomic E-state index is 0.495. The van der Waals surface area contributed by atoms with Crippen LogP contribution < -0.4 is 0 Å². The summed E-state index contributed by atoms with van der Waals surface area (Å²) in [5.41, 5.74) is 2.48. The molecule has 0 spiro atoms. The van der Waals surface area contributed by atoms with Crippen LogP contribution in [0.1, 0.15) is 37.0 Å². The Bertz CT molecular complexity index is 576. The van der Waals surface area contributed by atoms with Crippen molar-refractivity contribution in [3.05, 3.63) is 34.8 Å². The Morgan fingerprint density at radius 2 is 2.11 bits per heavy atom. The zero-order valence-corrected chi connectivity index (χ0v) is 11.1. The predicted molar refractivity (Wildman–Crippen MR) is 70.2 cm³/mol. The topological polar surface area (TPSA) is 43.6 Å². The van der Waals surface area contributed by atoms with Crippen LogP contribution in [-0.4, -0.2) is 19.5 Å². The average Bonchev–Trinajstić information content (AvgIpc) is 2.81. The van der Waals surface area contributed by atoms with Gasteiger partial charge in [0.1, 0.15) is 23.1 Å². The summed E-state index contributed by atoms with van der Waals surface area (Å²) in [6.07, 6.45) is 7.23. The summed E-state index contributed by atoms with van der Waals surface area (Å²) < 4.78 is 2.06. The zero-order chi connectivity index (χ0) is 12.5. The molecule has 0 radical (unpaired) electrons. The highest BCUT2D eigenvalue weighted by molar-refractivity contribution is 6.29. The van der Waals surface area contributed by atoms with Gasteiger partial charge in [0, 0.05) is 18.2 Å². The SMILES string of the molecule is CCc1nc(Cl)cc(-n2cnc3c2CCCC3)n1. The molecule has 0 aliphatic heterocycles. The van der Waals surface area contributed by atoms with Crippen LogP contribution in [0.2, 0.25) is 5.15 Å². The van der Waals surface area contributed by atoms with Gasteiger partial charge in [-0.1, -0.05) is 18.5 Å². The van der Waals surface area contributed by atoms with Gasteiger partial charge < -0.3 is 0 Å². The second-order valence-electron chi connectivity index (χ2n) is 4.53. The fourth-order valence-corrected chi connectivity index (χ4v) is 2.59. The maximum absolute atomic E-state index is 6.04. The Morgan fingerprint density at radius 3 is 2.94 bits per heavy atom. The molecule has 0 aromatic carbocycles. The van der Waals surface area contributed by atoms with Gasteiger partial charge in [-0.2, -0.15) is 0 Å². The van der Waals surface area contributed by atoms with Crippen LogP contribution in [0.3, 0.4) is 0 Å². The van der Waals surface area contributed by atoms with Crippen LogP contribution in [0, 0.1) is 0 Å². The van der Waals surface area contributed by atoms with E-state index in [1.165, 1.54) is 24.2 Å². The van der Waals surface area contributed by atoms with Crippen molar-refractivity contribution in [3.8, 4) is 5.82 Å². The second-order valence-corrected chi connectivity index (χ2v) is 4.92. The third kappa shape index (κ3) is 2.01. The lowest BCUT2D eigenvalue weighted by Gasteiger charge is -2.13. The predicted octanol–water partition coefficient (Wildman–Crippen LogP) is 2.76. The highest BCUT2D eigenvalue weighted by atomic mass is 35.5. The molecular formula is C13H15ClN4. The van der Waals surface area contributed by atoms with E-state index in [0.29, 0.717) is 5.15 Å². The van der Waals surface area contributed by atoms with E-state index in [9.17, 15) is 0 Å². The summed E-state index contributed by atoms with van der Waals surface area (Å²) in [4.78, 5) is 13.2. The average molecular weight is 263 g/mol. The number of rotatable bonds is 2. The van der Waals surface area contributed by atoms with Gasteiger partial charge in [-0.3, -0.25) is 4.57 Å². The molecule has 0 amide bonds. The lowest BCUT2D eigenvalue weighted by Crippen LogP contribution is -2.09. The third-order valence-corrected chi connectivity index (χ3v) is 3.51. The van der Waals surface area contributed by atoms with Crippen molar-refractivity contribution < 1.29 is 0 Å². The molecular weight excluding hydrogens is 248 g/mol. The molecule has 0 fully saturated rings. The summed E-state index contributed by atoms with van der Waals surface area (Å²) in [6.45, 7) is 2.03. The van der Waals surface area contributed by atoms with E-state index >= 15 is 0 Å². The van der Waals surface area contributed by atoms with Gasteiger partial charge in [-0.25, -0.2) is 15.0 Å². The van der Waals surface area contributed by atoms with Gasteiger partial charge >= 0.3 is 0 Å². The number of hydrogen-bond acceptors (Lipinski definition) is 3. The van der Waals surface area contributed by atoms with Crippen molar-refractivity contribution in [2.45, 2.75) is 39.0 Å². The van der Waals surface area contributed by atoms with Gasteiger partial charge in [0.25, 0.3) is 0 Å². The standard InChI is InChI=1S/C13H15ClN4/c1-2-12-16-11(14)7-13(17-12)18-8-15-9-5-3-4-6-10(9)18/h7-8H,2-6H2,1H3. The monoisotopic (exact) mass is 262 g/mol. The van der Waals surface area contributed by atoms with Gasteiger partial charge in [0.15, 0.2) is 0 Å². The van der Waals surface area contributed by atoms with Crippen molar-refractivity contribution in [1.82, 2.24) is 19.5 Å². The van der Waals surface area contributed by atoms with Crippen molar-refractivity contribution in [1.29, 1.82) is 0 Å². The number of aromatic nitrogens is 4. The number of nitrogens with zero attached hydrogens (tertiary/aromatic N) is 4. The Morgan fingerprint density at radius 1 is 1.28 bits per heavy atom. The van der Waals surface area contributed by atoms with E-state index in [1.54, 1.807) is 6.07 Å². The molecule has 0 unspecified atom stereocenters. The lowest BCUT2D eigenvalue weighted by molar-refractivity contribution is 0.653. The van der Waals surface area contributed by atoms with Crippen molar-refractivity contribution in [2.75, 3.05) is 0 Å². The molecule has 2 aromatic rings.